The van der Waals surface area contributed by atoms with Crippen molar-refractivity contribution in [2.24, 2.45) is 5.73 Å². The van der Waals surface area contributed by atoms with E-state index in [1.165, 1.54) is 25.1 Å². The van der Waals surface area contributed by atoms with Crippen molar-refractivity contribution < 1.29 is 9.59 Å². The van der Waals surface area contributed by atoms with Gasteiger partial charge in [0.15, 0.2) is 0 Å². The van der Waals surface area contributed by atoms with Crippen LogP contribution in [0.5, 0.6) is 0 Å². The molecular formula is C10H12ClN3O2. The fourth-order valence-corrected chi connectivity index (χ4v) is 1.15. The predicted molar refractivity (Wildman–Crippen MR) is 62.0 cm³/mol. The largest absolute Gasteiger partial charge is 0.398 e. The van der Waals surface area contributed by atoms with Crippen molar-refractivity contribution in [1.29, 1.82) is 0 Å². The Hall–Kier alpha value is -1.75. The number of carbonyl (C=O) groups is 2. The quantitative estimate of drug-likeness (QED) is 0.673. The second kappa shape index (κ2) is 4.85. The highest BCUT2D eigenvalue weighted by atomic mass is 35.5. The van der Waals surface area contributed by atoms with E-state index in [9.17, 15) is 9.59 Å². The van der Waals surface area contributed by atoms with E-state index >= 15 is 0 Å². The number of benzene rings is 1. The Morgan fingerprint density at radius 2 is 2.06 bits per heavy atom. The molecule has 0 saturated heterocycles. The van der Waals surface area contributed by atoms with Gasteiger partial charge in [0.25, 0.3) is 5.91 Å². The highest BCUT2D eigenvalue weighted by Crippen LogP contribution is 2.19. The molecule has 1 atom stereocenters. The minimum absolute atomic E-state index is 0.307. The number of hydrogen-bond acceptors (Lipinski definition) is 3. The van der Waals surface area contributed by atoms with E-state index in [0.29, 0.717) is 16.3 Å². The summed E-state index contributed by atoms with van der Waals surface area (Å²) in [6.07, 6.45) is 0. The summed E-state index contributed by atoms with van der Waals surface area (Å²) in [5, 5.41) is 2.80. The highest BCUT2D eigenvalue weighted by Gasteiger charge is 2.14. The van der Waals surface area contributed by atoms with Gasteiger partial charge in [-0.3, -0.25) is 9.59 Å². The second-order valence-electron chi connectivity index (χ2n) is 3.33. The van der Waals surface area contributed by atoms with Gasteiger partial charge in [-0.25, -0.2) is 0 Å². The molecule has 0 aromatic heterocycles. The molecule has 2 amide bonds. The van der Waals surface area contributed by atoms with Gasteiger partial charge in [0.1, 0.15) is 6.04 Å². The van der Waals surface area contributed by atoms with Gasteiger partial charge in [0, 0.05) is 5.56 Å². The summed E-state index contributed by atoms with van der Waals surface area (Å²) in [6, 6.07) is 3.73. The van der Waals surface area contributed by atoms with Crippen molar-refractivity contribution in [2.45, 2.75) is 13.0 Å². The average Bonchev–Trinajstić information content (AvgIpc) is 2.21. The Labute approximate surface area is 97.7 Å². The molecule has 0 heterocycles. The SMILES string of the molecule is CC(NC(=O)c1ccc(Cl)c(N)c1)C(N)=O. The van der Waals surface area contributed by atoms with E-state index in [0.717, 1.165) is 0 Å². The van der Waals surface area contributed by atoms with E-state index in [1.807, 2.05) is 0 Å². The summed E-state index contributed by atoms with van der Waals surface area (Å²) < 4.78 is 0. The van der Waals surface area contributed by atoms with E-state index in [1.54, 1.807) is 0 Å². The summed E-state index contributed by atoms with van der Waals surface area (Å²) in [4.78, 5) is 22.4. The van der Waals surface area contributed by atoms with Crippen LogP contribution >= 0.6 is 11.6 Å². The topological polar surface area (TPSA) is 98.2 Å². The number of carbonyl (C=O) groups excluding carboxylic acids is 2. The minimum Gasteiger partial charge on any atom is -0.398 e. The lowest BCUT2D eigenvalue weighted by atomic mass is 10.2. The highest BCUT2D eigenvalue weighted by molar-refractivity contribution is 6.33. The molecule has 0 aliphatic carbocycles. The van der Waals surface area contributed by atoms with Crippen LogP contribution < -0.4 is 16.8 Å². The van der Waals surface area contributed by atoms with E-state index < -0.39 is 17.9 Å². The zero-order chi connectivity index (χ0) is 12.3. The molecule has 0 saturated carbocycles. The number of nitrogens with two attached hydrogens (primary N) is 2. The molecule has 0 bridgehead atoms. The van der Waals surface area contributed by atoms with Gasteiger partial charge in [-0.05, 0) is 25.1 Å². The normalized spacial score (nSPS) is 11.9. The maximum atomic E-state index is 11.6. The third-order valence-corrected chi connectivity index (χ3v) is 2.38. The molecule has 0 radical (unpaired) electrons. The van der Waals surface area contributed by atoms with Gasteiger partial charge in [0.05, 0.1) is 10.7 Å². The van der Waals surface area contributed by atoms with Gasteiger partial charge < -0.3 is 16.8 Å². The van der Waals surface area contributed by atoms with Crippen molar-refractivity contribution >= 4 is 29.1 Å². The molecule has 0 aliphatic heterocycles. The lowest BCUT2D eigenvalue weighted by Crippen LogP contribution is -2.42. The fourth-order valence-electron chi connectivity index (χ4n) is 1.04. The van der Waals surface area contributed by atoms with Crippen molar-refractivity contribution in [3.63, 3.8) is 0 Å². The number of amides is 2. The first-order valence-electron chi connectivity index (χ1n) is 4.57. The standard InChI is InChI=1S/C10H12ClN3O2/c1-5(9(13)15)14-10(16)6-2-3-7(11)8(12)4-6/h2-5H,12H2,1H3,(H2,13,15)(H,14,16). The number of primary amides is 1. The molecule has 5 nitrogen and oxygen atoms in total. The Morgan fingerprint density at radius 1 is 1.44 bits per heavy atom. The molecule has 1 aromatic carbocycles. The van der Waals surface area contributed by atoms with Crippen LogP contribution in [0.15, 0.2) is 18.2 Å². The van der Waals surface area contributed by atoms with Crippen molar-refractivity contribution in [3.8, 4) is 0 Å². The molecule has 1 aromatic rings. The monoisotopic (exact) mass is 241 g/mol. The molecule has 1 unspecified atom stereocenters. The van der Waals surface area contributed by atoms with Gasteiger partial charge in [-0.1, -0.05) is 11.6 Å². The third kappa shape index (κ3) is 2.87. The van der Waals surface area contributed by atoms with Crippen LogP contribution in [-0.2, 0) is 4.79 Å². The van der Waals surface area contributed by atoms with E-state index in [4.69, 9.17) is 23.1 Å². The molecule has 6 heteroatoms. The second-order valence-corrected chi connectivity index (χ2v) is 3.74. The van der Waals surface area contributed by atoms with Crippen LogP contribution in [0, 0.1) is 0 Å². The first-order valence-corrected chi connectivity index (χ1v) is 4.95. The molecule has 0 aliphatic rings. The van der Waals surface area contributed by atoms with Crippen molar-refractivity contribution in [1.82, 2.24) is 5.32 Å². The summed E-state index contributed by atoms with van der Waals surface area (Å²) >= 11 is 5.71. The summed E-state index contributed by atoms with van der Waals surface area (Å²) in [6.45, 7) is 1.50. The first kappa shape index (κ1) is 12.3. The van der Waals surface area contributed by atoms with Crippen LogP contribution in [0.4, 0.5) is 5.69 Å². The lowest BCUT2D eigenvalue weighted by Gasteiger charge is -2.10. The van der Waals surface area contributed by atoms with Crippen molar-refractivity contribution in [3.05, 3.63) is 28.8 Å². The maximum Gasteiger partial charge on any atom is 0.251 e. The summed E-state index contributed by atoms with van der Waals surface area (Å²) in [5.74, 6) is -1.02. The summed E-state index contributed by atoms with van der Waals surface area (Å²) in [7, 11) is 0. The maximum absolute atomic E-state index is 11.6. The van der Waals surface area contributed by atoms with Gasteiger partial charge in [-0.15, -0.1) is 0 Å². The molecule has 86 valence electrons. The molecule has 0 spiro atoms. The molecule has 5 N–H and O–H groups in total. The predicted octanol–water partition coefficient (Wildman–Crippen LogP) is 0.526. The number of anilines is 1. The van der Waals surface area contributed by atoms with Crippen LogP contribution in [0.1, 0.15) is 17.3 Å². The molecule has 1 rings (SSSR count). The fraction of sp³-hybridized carbons (Fsp3) is 0.200. The number of rotatable bonds is 3. The number of nitrogens with one attached hydrogen (secondary N) is 1. The first-order chi connectivity index (χ1) is 7.41. The van der Waals surface area contributed by atoms with Crippen molar-refractivity contribution in [2.75, 3.05) is 5.73 Å². The minimum atomic E-state index is -0.732. The number of halogens is 1. The summed E-state index contributed by atoms with van der Waals surface area (Å²) in [5.41, 5.74) is 11.2. The zero-order valence-corrected chi connectivity index (χ0v) is 9.41. The molecular weight excluding hydrogens is 230 g/mol. The van der Waals surface area contributed by atoms with E-state index in [2.05, 4.69) is 5.32 Å². The van der Waals surface area contributed by atoms with Crippen LogP contribution in [0.3, 0.4) is 0 Å². The number of nitrogen functional groups attached to an aromatic ring is 1. The lowest BCUT2D eigenvalue weighted by molar-refractivity contribution is -0.119. The van der Waals surface area contributed by atoms with Gasteiger partial charge in [0.2, 0.25) is 5.91 Å². The molecule has 16 heavy (non-hydrogen) atoms. The molecule has 0 fully saturated rings. The third-order valence-electron chi connectivity index (χ3n) is 2.03. The van der Waals surface area contributed by atoms with Gasteiger partial charge >= 0.3 is 0 Å². The Kier molecular flexibility index (Phi) is 3.73. The van der Waals surface area contributed by atoms with Crippen LogP contribution in [0.2, 0.25) is 5.02 Å². The van der Waals surface area contributed by atoms with Crippen LogP contribution in [0.25, 0.3) is 0 Å². The smallest absolute Gasteiger partial charge is 0.251 e. The Bertz CT molecular complexity index is 434. The van der Waals surface area contributed by atoms with Crippen LogP contribution in [-0.4, -0.2) is 17.9 Å². The van der Waals surface area contributed by atoms with Gasteiger partial charge in [-0.2, -0.15) is 0 Å². The Balaban J connectivity index is 2.81. The Morgan fingerprint density at radius 3 is 2.56 bits per heavy atom. The average molecular weight is 242 g/mol. The van der Waals surface area contributed by atoms with E-state index in [-0.39, 0.29) is 0 Å². The number of hydrogen-bond donors (Lipinski definition) is 3. The zero-order valence-electron chi connectivity index (χ0n) is 8.66.